The van der Waals surface area contributed by atoms with Gasteiger partial charge in [0.15, 0.2) is 0 Å². The van der Waals surface area contributed by atoms with Gasteiger partial charge in [-0.1, -0.05) is 26.2 Å². The molecular weight excluding hydrogens is 224 g/mol. The van der Waals surface area contributed by atoms with Gasteiger partial charge in [0.25, 0.3) is 0 Å². The average Bonchev–Trinajstić information content (AvgIpc) is 2.39. The predicted octanol–water partition coefficient (Wildman–Crippen LogP) is 3.21. The molecule has 0 bridgehead atoms. The summed E-state index contributed by atoms with van der Waals surface area (Å²) in [6, 6.07) is 0. The van der Waals surface area contributed by atoms with Crippen LogP contribution >= 0.6 is 0 Å². The Kier molecular flexibility index (Phi) is 4.04. The third-order valence-corrected chi connectivity index (χ3v) is 3.94. The van der Waals surface area contributed by atoms with Crippen molar-refractivity contribution >= 4 is 11.8 Å². The second-order valence-corrected chi connectivity index (χ2v) is 5.70. The zero-order chi connectivity index (χ0) is 13.0. The first kappa shape index (κ1) is 13.1. The first-order valence-electron chi connectivity index (χ1n) is 6.88. The Morgan fingerprint density at radius 3 is 2.67 bits per heavy atom. The Labute approximate surface area is 110 Å². The molecule has 18 heavy (non-hydrogen) atoms. The van der Waals surface area contributed by atoms with Crippen molar-refractivity contribution in [2.24, 2.45) is 5.41 Å². The molecule has 0 aromatic carbocycles. The second kappa shape index (κ2) is 5.55. The number of hydrogen-bond donors (Lipinski definition) is 2. The number of aromatic nitrogens is 2. The van der Waals surface area contributed by atoms with E-state index in [1.807, 2.05) is 20.2 Å². The molecule has 0 saturated heterocycles. The maximum Gasteiger partial charge on any atom is 0.224 e. The summed E-state index contributed by atoms with van der Waals surface area (Å²) in [4.78, 5) is 8.68. The van der Waals surface area contributed by atoms with Gasteiger partial charge in [-0.05, 0) is 25.2 Å². The molecule has 0 radical (unpaired) electrons. The highest BCUT2D eigenvalue weighted by Crippen LogP contribution is 2.35. The first-order chi connectivity index (χ1) is 8.63. The summed E-state index contributed by atoms with van der Waals surface area (Å²) < 4.78 is 0. The van der Waals surface area contributed by atoms with Crippen LogP contribution in [0.4, 0.5) is 11.8 Å². The Morgan fingerprint density at radius 1 is 1.28 bits per heavy atom. The van der Waals surface area contributed by atoms with Crippen LogP contribution in [0.1, 0.15) is 44.6 Å². The normalized spacial score (nSPS) is 18.4. The highest BCUT2D eigenvalue weighted by atomic mass is 15.1. The van der Waals surface area contributed by atoms with Crippen LogP contribution in [0.3, 0.4) is 0 Å². The lowest BCUT2D eigenvalue weighted by molar-refractivity contribution is 0.233. The van der Waals surface area contributed by atoms with Gasteiger partial charge in [0.1, 0.15) is 5.82 Å². The molecule has 1 aromatic heterocycles. The van der Waals surface area contributed by atoms with E-state index in [2.05, 4.69) is 27.5 Å². The molecule has 100 valence electrons. The van der Waals surface area contributed by atoms with E-state index < -0.39 is 0 Å². The molecule has 4 nitrogen and oxygen atoms in total. The second-order valence-electron chi connectivity index (χ2n) is 5.70. The van der Waals surface area contributed by atoms with Gasteiger partial charge in [-0.2, -0.15) is 4.98 Å². The average molecular weight is 248 g/mol. The predicted molar refractivity (Wildman–Crippen MR) is 76.0 cm³/mol. The van der Waals surface area contributed by atoms with Gasteiger partial charge < -0.3 is 10.6 Å². The maximum atomic E-state index is 4.47. The summed E-state index contributed by atoms with van der Waals surface area (Å²) in [7, 11) is 1.84. The molecule has 1 aliphatic carbocycles. The Morgan fingerprint density at radius 2 is 2.00 bits per heavy atom. The summed E-state index contributed by atoms with van der Waals surface area (Å²) >= 11 is 0. The molecule has 1 saturated carbocycles. The van der Waals surface area contributed by atoms with Crippen molar-refractivity contribution < 1.29 is 0 Å². The SMILES string of the molecule is CNc1ncc(C)c(NCC2(C)CCCCC2)n1. The molecule has 1 aliphatic rings. The van der Waals surface area contributed by atoms with E-state index in [1.54, 1.807) is 0 Å². The van der Waals surface area contributed by atoms with Gasteiger partial charge in [-0.3, -0.25) is 0 Å². The van der Waals surface area contributed by atoms with Crippen molar-refractivity contribution in [3.8, 4) is 0 Å². The largest absolute Gasteiger partial charge is 0.369 e. The monoisotopic (exact) mass is 248 g/mol. The molecular formula is C14H24N4. The van der Waals surface area contributed by atoms with E-state index in [0.717, 1.165) is 17.9 Å². The molecule has 1 aromatic rings. The van der Waals surface area contributed by atoms with Gasteiger partial charge in [0.05, 0.1) is 0 Å². The van der Waals surface area contributed by atoms with E-state index in [0.29, 0.717) is 11.4 Å². The number of rotatable bonds is 4. The van der Waals surface area contributed by atoms with Crippen molar-refractivity contribution in [3.05, 3.63) is 11.8 Å². The van der Waals surface area contributed by atoms with E-state index in [4.69, 9.17) is 0 Å². The summed E-state index contributed by atoms with van der Waals surface area (Å²) in [5.74, 6) is 1.64. The van der Waals surface area contributed by atoms with Crippen molar-refractivity contribution in [3.63, 3.8) is 0 Å². The summed E-state index contributed by atoms with van der Waals surface area (Å²) in [5.41, 5.74) is 1.53. The van der Waals surface area contributed by atoms with Crippen molar-refractivity contribution in [2.45, 2.75) is 46.0 Å². The summed E-state index contributed by atoms with van der Waals surface area (Å²) in [6.07, 6.45) is 8.63. The highest BCUT2D eigenvalue weighted by molar-refractivity contribution is 5.46. The molecule has 2 rings (SSSR count). The highest BCUT2D eigenvalue weighted by Gasteiger charge is 2.26. The topological polar surface area (TPSA) is 49.8 Å². The maximum absolute atomic E-state index is 4.47. The Bertz CT molecular complexity index is 397. The molecule has 0 unspecified atom stereocenters. The van der Waals surface area contributed by atoms with Crippen molar-refractivity contribution in [1.29, 1.82) is 0 Å². The molecule has 1 heterocycles. The molecule has 0 spiro atoms. The number of nitrogens with zero attached hydrogens (tertiary/aromatic N) is 2. The van der Waals surface area contributed by atoms with Crippen LogP contribution < -0.4 is 10.6 Å². The number of aryl methyl sites for hydroxylation is 1. The summed E-state index contributed by atoms with van der Waals surface area (Å²) in [6.45, 7) is 5.44. The molecule has 0 aliphatic heterocycles. The minimum atomic E-state index is 0.426. The lowest BCUT2D eigenvalue weighted by Gasteiger charge is -2.34. The van der Waals surface area contributed by atoms with Crippen LogP contribution in [0, 0.1) is 12.3 Å². The zero-order valence-electron chi connectivity index (χ0n) is 11.7. The van der Waals surface area contributed by atoms with Crippen LogP contribution in [-0.4, -0.2) is 23.6 Å². The Hall–Kier alpha value is -1.32. The van der Waals surface area contributed by atoms with Gasteiger partial charge >= 0.3 is 0 Å². The van der Waals surface area contributed by atoms with Crippen molar-refractivity contribution in [2.75, 3.05) is 24.2 Å². The Balaban J connectivity index is 2.00. The minimum absolute atomic E-state index is 0.426. The van der Waals surface area contributed by atoms with Crippen LogP contribution in [0.25, 0.3) is 0 Å². The molecule has 2 N–H and O–H groups in total. The quantitative estimate of drug-likeness (QED) is 0.859. The first-order valence-corrected chi connectivity index (χ1v) is 6.88. The molecule has 0 amide bonds. The number of nitrogens with one attached hydrogen (secondary N) is 2. The number of anilines is 2. The van der Waals surface area contributed by atoms with Crippen LogP contribution in [0.2, 0.25) is 0 Å². The zero-order valence-corrected chi connectivity index (χ0v) is 11.7. The molecule has 1 fully saturated rings. The van der Waals surface area contributed by atoms with Crippen LogP contribution in [0.5, 0.6) is 0 Å². The standard InChI is InChI=1S/C14H24N4/c1-11-9-16-13(15-3)18-12(11)17-10-14(2)7-5-4-6-8-14/h9H,4-8,10H2,1-3H3,(H2,15,16,17,18). The van der Waals surface area contributed by atoms with E-state index >= 15 is 0 Å². The third kappa shape index (κ3) is 3.12. The fourth-order valence-electron chi connectivity index (χ4n) is 2.62. The van der Waals surface area contributed by atoms with Gasteiger partial charge in [0, 0.05) is 25.4 Å². The van der Waals surface area contributed by atoms with Crippen molar-refractivity contribution in [1.82, 2.24) is 9.97 Å². The van der Waals surface area contributed by atoms with Gasteiger partial charge in [-0.25, -0.2) is 4.98 Å². The number of hydrogen-bond acceptors (Lipinski definition) is 4. The smallest absolute Gasteiger partial charge is 0.224 e. The van der Waals surface area contributed by atoms with E-state index in [9.17, 15) is 0 Å². The fraction of sp³-hybridized carbons (Fsp3) is 0.714. The lowest BCUT2D eigenvalue weighted by atomic mass is 9.76. The third-order valence-electron chi connectivity index (χ3n) is 3.94. The van der Waals surface area contributed by atoms with Crippen LogP contribution in [0.15, 0.2) is 6.20 Å². The van der Waals surface area contributed by atoms with E-state index in [1.165, 1.54) is 32.1 Å². The molecule has 0 atom stereocenters. The van der Waals surface area contributed by atoms with Crippen LogP contribution in [-0.2, 0) is 0 Å². The lowest BCUT2D eigenvalue weighted by Crippen LogP contribution is -2.29. The minimum Gasteiger partial charge on any atom is -0.369 e. The fourth-order valence-corrected chi connectivity index (χ4v) is 2.62. The van der Waals surface area contributed by atoms with Gasteiger partial charge in [-0.15, -0.1) is 0 Å². The van der Waals surface area contributed by atoms with Gasteiger partial charge in [0.2, 0.25) is 5.95 Å². The molecule has 4 heteroatoms. The summed E-state index contributed by atoms with van der Waals surface area (Å²) in [5, 5.41) is 6.49. The van der Waals surface area contributed by atoms with E-state index in [-0.39, 0.29) is 0 Å².